The number of hydrogen-bond acceptors (Lipinski definition) is 2. The number of likely N-dealkylation sites (N-methyl/N-ethyl adjacent to an activating group) is 1. The predicted octanol–water partition coefficient (Wildman–Crippen LogP) is 7.73. The Morgan fingerprint density at radius 1 is 0.556 bits per heavy atom. The molecule has 164 valence electrons. The molecule has 0 saturated carbocycles. The Hall–Kier alpha value is -0.0800. The van der Waals surface area contributed by atoms with Crippen molar-refractivity contribution in [2.75, 3.05) is 13.1 Å². The van der Waals surface area contributed by atoms with E-state index >= 15 is 0 Å². The lowest BCUT2D eigenvalue weighted by molar-refractivity contribution is 0.0601. The van der Waals surface area contributed by atoms with Crippen molar-refractivity contribution in [1.82, 2.24) is 4.90 Å². The van der Waals surface area contributed by atoms with Crippen LogP contribution in [0.3, 0.4) is 0 Å². The van der Waals surface area contributed by atoms with Gasteiger partial charge in [-0.1, -0.05) is 124 Å². The molecule has 0 fully saturated rings. The molecule has 0 bridgehead atoms. The second-order valence-corrected chi connectivity index (χ2v) is 8.62. The standard InChI is InChI=1S/C25H53NO/c1-5-8-9-10-11-12-13-14-15-16-17-18-19-20-21-22-23-25(24(4)27)26(6-2)7-3/h24-25,27H,5-23H2,1-4H3. The Kier molecular flexibility index (Phi) is 20.6. The number of hydrogen-bond donors (Lipinski definition) is 1. The smallest absolute Gasteiger partial charge is 0.0667 e. The van der Waals surface area contributed by atoms with Gasteiger partial charge in [-0.05, 0) is 26.4 Å². The van der Waals surface area contributed by atoms with Crippen LogP contribution in [0.25, 0.3) is 0 Å². The Morgan fingerprint density at radius 3 is 1.19 bits per heavy atom. The summed E-state index contributed by atoms with van der Waals surface area (Å²) in [6.45, 7) is 10.7. The predicted molar refractivity (Wildman–Crippen MR) is 123 cm³/mol. The van der Waals surface area contributed by atoms with Gasteiger partial charge in [-0.2, -0.15) is 0 Å². The molecule has 27 heavy (non-hydrogen) atoms. The van der Waals surface area contributed by atoms with E-state index in [0.29, 0.717) is 6.04 Å². The fourth-order valence-corrected chi connectivity index (χ4v) is 4.32. The summed E-state index contributed by atoms with van der Waals surface area (Å²) in [5.41, 5.74) is 0. The highest BCUT2D eigenvalue weighted by Crippen LogP contribution is 2.16. The third-order valence-electron chi connectivity index (χ3n) is 6.19. The summed E-state index contributed by atoms with van der Waals surface area (Å²) < 4.78 is 0. The molecular weight excluding hydrogens is 330 g/mol. The van der Waals surface area contributed by atoms with Crippen LogP contribution >= 0.6 is 0 Å². The van der Waals surface area contributed by atoms with E-state index in [1.165, 1.54) is 103 Å². The van der Waals surface area contributed by atoms with Gasteiger partial charge in [0.15, 0.2) is 0 Å². The van der Waals surface area contributed by atoms with Gasteiger partial charge in [-0.25, -0.2) is 0 Å². The normalized spacial score (nSPS) is 14.0. The molecule has 0 aromatic heterocycles. The first kappa shape index (κ1) is 26.9. The van der Waals surface area contributed by atoms with Gasteiger partial charge in [0.05, 0.1) is 6.10 Å². The second kappa shape index (κ2) is 20.6. The van der Waals surface area contributed by atoms with Crippen molar-refractivity contribution in [2.45, 2.75) is 149 Å². The van der Waals surface area contributed by atoms with Gasteiger partial charge in [0.2, 0.25) is 0 Å². The summed E-state index contributed by atoms with van der Waals surface area (Å²) in [6.07, 6.45) is 23.6. The van der Waals surface area contributed by atoms with Gasteiger partial charge in [0.1, 0.15) is 0 Å². The van der Waals surface area contributed by atoms with E-state index in [4.69, 9.17) is 0 Å². The van der Waals surface area contributed by atoms with Gasteiger partial charge in [-0.15, -0.1) is 0 Å². The highest BCUT2D eigenvalue weighted by atomic mass is 16.3. The molecule has 0 aromatic carbocycles. The molecule has 0 spiro atoms. The zero-order valence-corrected chi connectivity index (χ0v) is 19.5. The van der Waals surface area contributed by atoms with Gasteiger partial charge in [-0.3, -0.25) is 4.90 Å². The van der Waals surface area contributed by atoms with Crippen LogP contribution in [-0.4, -0.2) is 35.2 Å². The minimum absolute atomic E-state index is 0.207. The van der Waals surface area contributed by atoms with Gasteiger partial charge in [0, 0.05) is 6.04 Å². The SMILES string of the molecule is CCCCCCCCCCCCCCCCCCC(C(C)O)N(CC)CC. The quantitative estimate of drug-likeness (QED) is 0.205. The Labute approximate surface area is 172 Å². The molecule has 2 heteroatoms. The number of rotatable bonds is 21. The molecule has 0 aliphatic rings. The molecule has 0 aliphatic heterocycles. The maximum atomic E-state index is 10.0. The van der Waals surface area contributed by atoms with Crippen molar-refractivity contribution in [1.29, 1.82) is 0 Å². The molecule has 0 saturated heterocycles. The van der Waals surface area contributed by atoms with Gasteiger partial charge >= 0.3 is 0 Å². The van der Waals surface area contributed by atoms with Crippen LogP contribution < -0.4 is 0 Å². The second-order valence-electron chi connectivity index (χ2n) is 8.62. The lowest BCUT2D eigenvalue weighted by atomic mass is 10.0. The van der Waals surface area contributed by atoms with Crippen LogP contribution in [0.15, 0.2) is 0 Å². The van der Waals surface area contributed by atoms with E-state index in [9.17, 15) is 5.11 Å². The third kappa shape index (κ3) is 16.6. The van der Waals surface area contributed by atoms with Crippen molar-refractivity contribution in [2.24, 2.45) is 0 Å². The highest BCUT2D eigenvalue weighted by Gasteiger charge is 2.19. The van der Waals surface area contributed by atoms with E-state index in [1.54, 1.807) is 0 Å². The number of nitrogens with zero attached hydrogens (tertiary/aromatic N) is 1. The summed E-state index contributed by atoms with van der Waals surface area (Å²) in [7, 11) is 0. The van der Waals surface area contributed by atoms with Crippen molar-refractivity contribution >= 4 is 0 Å². The minimum atomic E-state index is -0.207. The van der Waals surface area contributed by atoms with Crippen LogP contribution in [0.1, 0.15) is 137 Å². The summed E-state index contributed by atoms with van der Waals surface area (Å²) in [5, 5.41) is 10.0. The zero-order valence-electron chi connectivity index (χ0n) is 19.5. The maximum absolute atomic E-state index is 10.0. The average molecular weight is 384 g/mol. The largest absolute Gasteiger partial charge is 0.392 e. The monoisotopic (exact) mass is 383 g/mol. The molecule has 0 radical (unpaired) electrons. The molecule has 0 amide bonds. The first-order chi connectivity index (χ1) is 13.2. The van der Waals surface area contributed by atoms with E-state index in [0.717, 1.165) is 19.5 Å². The summed E-state index contributed by atoms with van der Waals surface area (Å²) in [5.74, 6) is 0. The highest BCUT2D eigenvalue weighted by molar-refractivity contribution is 4.75. The Balaban J connectivity index is 3.35. The average Bonchev–Trinajstić information content (AvgIpc) is 2.66. The zero-order chi connectivity index (χ0) is 20.2. The van der Waals surface area contributed by atoms with Crippen LogP contribution in [0.5, 0.6) is 0 Å². The molecule has 0 heterocycles. The van der Waals surface area contributed by atoms with E-state index < -0.39 is 0 Å². The Morgan fingerprint density at radius 2 is 0.889 bits per heavy atom. The molecule has 2 unspecified atom stereocenters. The van der Waals surface area contributed by atoms with E-state index in [-0.39, 0.29) is 6.10 Å². The van der Waals surface area contributed by atoms with Crippen LogP contribution in [0.4, 0.5) is 0 Å². The Bertz CT molecular complexity index is 275. The summed E-state index contributed by atoms with van der Waals surface area (Å²) in [6, 6.07) is 0.353. The molecule has 0 aromatic rings. The first-order valence-corrected chi connectivity index (χ1v) is 12.6. The third-order valence-corrected chi connectivity index (χ3v) is 6.19. The van der Waals surface area contributed by atoms with E-state index in [1.807, 2.05) is 6.92 Å². The molecule has 2 atom stereocenters. The van der Waals surface area contributed by atoms with Crippen LogP contribution in [-0.2, 0) is 0 Å². The van der Waals surface area contributed by atoms with Crippen molar-refractivity contribution < 1.29 is 5.11 Å². The maximum Gasteiger partial charge on any atom is 0.0667 e. The van der Waals surface area contributed by atoms with Gasteiger partial charge in [0.25, 0.3) is 0 Å². The topological polar surface area (TPSA) is 23.5 Å². The van der Waals surface area contributed by atoms with Gasteiger partial charge < -0.3 is 5.11 Å². The van der Waals surface area contributed by atoms with Crippen LogP contribution in [0.2, 0.25) is 0 Å². The molecule has 0 aliphatic carbocycles. The summed E-state index contributed by atoms with van der Waals surface area (Å²) in [4.78, 5) is 2.41. The molecular formula is C25H53NO. The van der Waals surface area contributed by atoms with Crippen LogP contribution in [0, 0.1) is 0 Å². The van der Waals surface area contributed by atoms with E-state index in [2.05, 4.69) is 25.7 Å². The van der Waals surface area contributed by atoms with Crippen molar-refractivity contribution in [3.63, 3.8) is 0 Å². The lowest BCUT2D eigenvalue weighted by Gasteiger charge is -2.32. The fraction of sp³-hybridized carbons (Fsp3) is 1.00. The lowest BCUT2D eigenvalue weighted by Crippen LogP contribution is -2.42. The number of aliphatic hydroxyl groups is 1. The molecule has 0 rings (SSSR count). The first-order valence-electron chi connectivity index (χ1n) is 12.6. The van der Waals surface area contributed by atoms with Crippen molar-refractivity contribution in [3.05, 3.63) is 0 Å². The number of aliphatic hydroxyl groups excluding tert-OH is 1. The fourth-order valence-electron chi connectivity index (χ4n) is 4.32. The molecule has 1 N–H and O–H groups in total. The minimum Gasteiger partial charge on any atom is -0.392 e. The summed E-state index contributed by atoms with van der Waals surface area (Å²) >= 11 is 0. The molecule has 2 nitrogen and oxygen atoms in total. The number of unbranched alkanes of at least 4 members (excludes halogenated alkanes) is 15. The van der Waals surface area contributed by atoms with Crippen molar-refractivity contribution in [3.8, 4) is 0 Å².